The second-order valence-electron chi connectivity index (χ2n) is 5.62. The minimum atomic E-state index is -0.165. The quantitative estimate of drug-likeness (QED) is 0.806. The van der Waals surface area contributed by atoms with Crippen molar-refractivity contribution in [3.63, 3.8) is 0 Å². The van der Waals surface area contributed by atoms with Crippen LogP contribution in [0.3, 0.4) is 0 Å². The molecule has 19 heavy (non-hydrogen) atoms. The third-order valence-corrected chi connectivity index (χ3v) is 5.45. The van der Waals surface area contributed by atoms with Gasteiger partial charge in [-0.25, -0.2) is 4.39 Å². The Morgan fingerprint density at radius 3 is 2.68 bits per heavy atom. The molecule has 0 heterocycles. The molecule has 0 amide bonds. The Kier molecular flexibility index (Phi) is 5.71. The molecule has 1 aromatic carbocycles. The van der Waals surface area contributed by atoms with Crippen LogP contribution < -0.4 is 5.73 Å². The minimum absolute atomic E-state index is 0.165. The molecule has 1 nitrogen and oxygen atoms in total. The van der Waals surface area contributed by atoms with Crippen LogP contribution in [-0.4, -0.2) is 11.8 Å². The Hall–Kier alpha value is -0.540. The molecule has 0 aliphatic heterocycles. The highest BCUT2D eigenvalue weighted by atomic mass is 32.2. The first-order valence-corrected chi connectivity index (χ1v) is 8.31. The van der Waals surface area contributed by atoms with Gasteiger partial charge in [0, 0.05) is 16.7 Å². The fourth-order valence-corrected chi connectivity index (χ4v) is 3.94. The van der Waals surface area contributed by atoms with Gasteiger partial charge in [-0.05, 0) is 42.9 Å². The molecule has 1 aliphatic carbocycles. The second-order valence-corrected chi connectivity index (χ2v) is 6.71. The molecule has 0 radical (unpaired) electrons. The molecule has 2 N–H and O–H groups in total. The molecular formula is C16H24FNS. The van der Waals surface area contributed by atoms with Gasteiger partial charge in [-0.2, -0.15) is 0 Å². The zero-order valence-corrected chi connectivity index (χ0v) is 12.5. The minimum Gasteiger partial charge on any atom is -0.327 e. The van der Waals surface area contributed by atoms with Gasteiger partial charge in [0.05, 0.1) is 0 Å². The maximum Gasteiger partial charge on any atom is 0.124 e. The first kappa shape index (κ1) is 14.9. The molecule has 1 fully saturated rings. The topological polar surface area (TPSA) is 26.0 Å². The number of hydrogen-bond donors (Lipinski definition) is 1. The standard InChI is InChI=1S/C16H24FNS/c1-2-12-6-8-13(9-7-12)16(18)11-19-15-5-3-4-14(17)10-15/h3-5,10,12-13,16H,2,6-9,11,18H2,1H3. The molecule has 0 bridgehead atoms. The lowest BCUT2D eigenvalue weighted by Gasteiger charge is -2.31. The van der Waals surface area contributed by atoms with Gasteiger partial charge in [0.15, 0.2) is 0 Å². The fourth-order valence-electron chi connectivity index (χ4n) is 2.91. The van der Waals surface area contributed by atoms with Crippen LogP contribution in [0, 0.1) is 17.7 Å². The van der Waals surface area contributed by atoms with Gasteiger partial charge in [0.2, 0.25) is 0 Å². The first-order valence-electron chi connectivity index (χ1n) is 7.33. The van der Waals surface area contributed by atoms with Crippen molar-refractivity contribution in [2.75, 3.05) is 5.75 Å². The molecule has 2 rings (SSSR count). The predicted octanol–water partition coefficient (Wildman–Crippen LogP) is 4.46. The zero-order valence-electron chi connectivity index (χ0n) is 11.6. The zero-order chi connectivity index (χ0) is 13.7. The summed E-state index contributed by atoms with van der Waals surface area (Å²) in [4.78, 5) is 0.984. The van der Waals surface area contributed by atoms with E-state index < -0.39 is 0 Å². The lowest BCUT2D eigenvalue weighted by molar-refractivity contribution is 0.247. The van der Waals surface area contributed by atoms with Crippen molar-refractivity contribution < 1.29 is 4.39 Å². The molecule has 1 aliphatic rings. The van der Waals surface area contributed by atoms with Crippen LogP contribution in [0.1, 0.15) is 39.0 Å². The van der Waals surface area contributed by atoms with Gasteiger partial charge in [-0.15, -0.1) is 11.8 Å². The predicted molar refractivity (Wildman–Crippen MR) is 80.8 cm³/mol. The van der Waals surface area contributed by atoms with E-state index in [0.29, 0.717) is 5.92 Å². The van der Waals surface area contributed by atoms with Gasteiger partial charge < -0.3 is 5.73 Å². The average Bonchev–Trinajstić information content (AvgIpc) is 2.45. The molecule has 1 atom stereocenters. The molecular weight excluding hydrogens is 257 g/mol. The van der Waals surface area contributed by atoms with Gasteiger partial charge >= 0.3 is 0 Å². The maximum absolute atomic E-state index is 13.1. The van der Waals surface area contributed by atoms with E-state index in [4.69, 9.17) is 5.73 Å². The summed E-state index contributed by atoms with van der Waals surface area (Å²) < 4.78 is 13.1. The summed E-state index contributed by atoms with van der Waals surface area (Å²) in [7, 11) is 0. The van der Waals surface area contributed by atoms with E-state index in [9.17, 15) is 4.39 Å². The first-order chi connectivity index (χ1) is 9.19. The van der Waals surface area contributed by atoms with Crippen molar-refractivity contribution in [1.82, 2.24) is 0 Å². The van der Waals surface area contributed by atoms with E-state index in [1.54, 1.807) is 23.9 Å². The lowest BCUT2D eigenvalue weighted by Crippen LogP contribution is -2.35. The Morgan fingerprint density at radius 2 is 2.05 bits per heavy atom. The largest absolute Gasteiger partial charge is 0.327 e. The van der Waals surface area contributed by atoms with Crippen molar-refractivity contribution in [1.29, 1.82) is 0 Å². The second kappa shape index (κ2) is 7.30. The van der Waals surface area contributed by atoms with Crippen LogP contribution in [0.4, 0.5) is 4.39 Å². The number of thioether (sulfide) groups is 1. The highest BCUT2D eigenvalue weighted by molar-refractivity contribution is 7.99. The molecule has 1 saturated carbocycles. The Balaban J connectivity index is 1.77. The normalized spacial score (nSPS) is 25.2. The fraction of sp³-hybridized carbons (Fsp3) is 0.625. The molecule has 106 valence electrons. The van der Waals surface area contributed by atoms with Gasteiger partial charge in [0.25, 0.3) is 0 Å². The van der Waals surface area contributed by atoms with E-state index in [0.717, 1.165) is 16.6 Å². The van der Waals surface area contributed by atoms with Crippen LogP contribution in [-0.2, 0) is 0 Å². The Labute approximate surface area is 120 Å². The smallest absolute Gasteiger partial charge is 0.124 e. The highest BCUT2D eigenvalue weighted by Gasteiger charge is 2.24. The summed E-state index contributed by atoms with van der Waals surface area (Å²) in [6, 6.07) is 7.02. The highest BCUT2D eigenvalue weighted by Crippen LogP contribution is 2.33. The van der Waals surface area contributed by atoms with Crippen molar-refractivity contribution in [3.05, 3.63) is 30.1 Å². The van der Waals surface area contributed by atoms with E-state index >= 15 is 0 Å². The van der Waals surface area contributed by atoms with E-state index in [-0.39, 0.29) is 11.9 Å². The van der Waals surface area contributed by atoms with Crippen molar-refractivity contribution in [3.8, 4) is 0 Å². The summed E-state index contributed by atoms with van der Waals surface area (Å²) in [5.74, 6) is 2.30. The van der Waals surface area contributed by atoms with E-state index in [2.05, 4.69) is 6.92 Å². The van der Waals surface area contributed by atoms with Crippen molar-refractivity contribution in [2.45, 2.75) is 50.0 Å². The lowest BCUT2D eigenvalue weighted by atomic mass is 9.78. The maximum atomic E-state index is 13.1. The van der Waals surface area contributed by atoms with E-state index in [1.807, 2.05) is 6.07 Å². The summed E-state index contributed by atoms with van der Waals surface area (Å²) in [5, 5.41) is 0. The number of rotatable bonds is 5. The third-order valence-electron chi connectivity index (χ3n) is 4.31. The van der Waals surface area contributed by atoms with Crippen LogP contribution >= 0.6 is 11.8 Å². The van der Waals surface area contributed by atoms with Gasteiger partial charge in [-0.1, -0.05) is 32.3 Å². The Morgan fingerprint density at radius 1 is 1.32 bits per heavy atom. The molecule has 0 spiro atoms. The molecule has 1 aromatic rings. The molecule has 3 heteroatoms. The van der Waals surface area contributed by atoms with Crippen LogP contribution in [0.2, 0.25) is 0 Å². The number of hydrogen-bond acceptors (Lipinski definition) is 2. The SMILES string of the molecule is CCC1CCC(C(N)CSc2cccc(F)c2)CC1. The molecule has 0 aromatic heterocycles. The summed E-state index contributed by atoms with van der Waals surface area (Å²) in [6.07, 6.45) is 6.51. The van der Waals surface area contributed by atoms with Crippen LogP contribution in [0.5, 0.6) is 0 Å². The van der Waals surface area contributed by atoms with Crippen molar-refractivity contribution in [2.24, 2.45) is 17.6 Å². The number of nitrogens with two attached hydrogens (primary N) is 1. The van der Waals surface area contributed by atoms with Gasteiger partial charge in [-0.3, -0.25) is 0 Å². The molecule has 1 unspecified atom stereocenters. The Bertz CT molecular complexity index is 388. The molecule has 0 saturated heterocycles. The average molecular weight is 281 g/mol. The summed E-state index contributed by atoms with van der Waals surface area (Å²) >= 11 is 1.68. The van der Waals surface area contributed by atoms with Gasteiger partial charge in [0.1, 0.15) is 5.82 Å². The van der Waals surface area contributed by atoms with Crippen molar-refractivity contribution >= 4 is 11.8 Å². The summed E-state index contributed by atoms with van der Waals surface area (Å²) in [5.41, 5.74) is 6.31. The third kappa shape index (κ3) is 4.50. The summed E-state index contributed by atoms with van der Waals surface area (Å²) in [6.45, 7) is 2.28. The number of benzene rings is 1. The van der Waals surface area contributed by atoms with Crippen LogP contribution in [0.15, 0.2) is 29.2 Å². The monoisotopic (exact) mass is 281 g/mol. The van der Waals surface area contributed by atoms with E-state index in [1.165, 1.54) is 38.2 Å². The number of halogens is 1. The van der Waals surface area contributed by atoms with Crippen LogP contribution in [0.25, 0.3) is 0 Å².